The number of benzene rings is 1. The zero-order valence-electron chi connectivity index (χ0n) is 21.2. The highest BCUT2D eigenvalue weighted by Crippen LogP contribution is 2.58. The largest absolute Gasteiger partial charge is 0.481 e. The smallest absolute Gasteiger partial charge is 0.416 e. The number of fused-ring (bicyclic) bond motifs is 4. The maximum Gasteiger partial charge on any atom is 0.416 e. The number of hydrogen-bond donors (Lipinski definition) is 3. The molecule has 0 saturated heterocycles. The van der Waals surface area contributed by atoms with Crippen molar-refractivity contribution in [2.45, 2.75) is 50.1 Å². The van der Waals surface area contributed by atoms with E-state index in [0.29, 0.717) is 55.3 Å². The summed E-state index contributed by atoms with van der Waals surface area (Å²) in [6.07, 6.45) is 3.77. The maximum absolute atomic E-state index is 13.0. The van der Waals surface area contributed by atoms with Gasteiger partial charge in [-0.05, 0) is 62.8 Å². The summed E-state index contributed by atoms with van der Waals surface area (Å²) in [6.45, 7) is 0. The Labute approximate surface area is 226 Å². The van der Waals surface area contributed by atoms with E-state index in [1.807, 2.05) is 10.6 Å². The third-order valence-corrected chi connectivity index (χ3v) is 8.51. The Balaban J connectivity index is 1.31. The van der Waals surface area contributed by atoms with Crippen LogP contribution >= 0.6 is 0 Å². The molecule has 40 heavy (non-hydrogen) atoms. The molecular weight excluding hydrogens is 525 g/mol. The Morgan fingerprint density at radius 2 is 1.65 bits per heavy atom. The van der Waals surface area contributed by atoms with Gasteiger partial charge in [0.05, 0.1) is 11.0 Å². The van der Waals surface area contributed by atoms with Gasteiger partial charge in [0, 0.05) is 35.1 Å². The maximum atomic E-state index is 13.0. The Bertz CT molecular complexity index is 1620. The van der Waals surface area contributed by atoms with Gasteiger partial charge in [0.25, 0.3) is 5.91 Å². The van der Waals surface area contributed by atoms with E-state index in [4.69, 9.17) is 10.7 Å². The Morgan fingerprint density at radius 1 is 0.975 bits per heavy atom. The Hall–Kier alpha value is -4.48. The van der Waals surface area contributed by atoms with Crippen molar-refractivity contribution in [2.24, 2.45) is 5.41 Å². The molecule has 7 rings (SSSR count). The quantitative estimate of drug-likeness (QED) is 0.306. The van der Waals surface area contributed by atoms with Gasteiger partial charge in [0.2, 0.25) is 0 Å². The van der Waals surface area contributed by atoms with Crippen molar-refractivity contribution in [3.63, 3.8) is 0 Å². The summed E-state index contributed by atoms with van der Waals surface area (Å²) in [6, 6.07) is 8.10. The summed E-state index contributed by atoms with van der Waals surface area (Å²) in [4.78, 5) is 37.8. The number of carbonyl (C=O) groups excluding carboxylic acids is 1. The number of alkyl halides is 3. The SMILES string of the molecule is Nc1nccn2c(C34CCC(C(=O)O)(CC3)CC4)nc(-c3ccc(C(=O)Nc4cc(C(F)(F)F)ccn4)cc3)c12. The second-order valence-corrected chi connectivity index (χ2v) is 10.6. The van der Waals surface area contributed by atoms with Crippen molar-refractivity contribution < 1.29 is 27.9 Å². The van der Waals surface area contributed by atoms with E-state index in [1.165, 1.54) is 0 Å². The monoisotopic (exact) mass is 550 g/mol. The molecule has 0 aliphatic heterocycles. The van der Waals surface area contributed by atoms with Crippen LogP contribution in [0.25, 0.3) is 16.8 Å². The van der Waals surface area contributed by atoms with Crippen LogP contribution in [0.5, 0.6) is 0 Å². The first kappa shape index (κ1) is 25.8. The van der Waals surface area contributed by atoms with E-state index >= 15 is 0 Å². The molecule has 0 radical (unpaired) electrons. The number of pyridine rings is 1. The van der Waals surface area contributed by atoms with Crippen molar-refractivity contribution in [3.05, 3.63) is 71.9 Å². The lowest BCUT2D eigenvalue weighted by Gasteiger charge is -2.50. The summed E-state index contributed by atoms with van der Waals surface area (Å²) in [5, 5.41) is 12.2. The van der Waals surface area contributed by atoms with E-state index in [2.05, 4.69) is 15.3 Å². The molecule has 9 nitrogen and oxygen atoms in total. The predicted octanol–water partition coefficient (Wildman–Crippen LogP) is 5.32. The fourth-order valence-electron chi connectivity index (χ4n) is 6.12. The number of carboxylic acid groups (broad SMARTS) is 1. The van der Waals surface area contributed by atoms with E-state index in [0.717, 1.165) is 24.2 Å². The molecule has 4 aromatic rings. The zero-order valence-corrected chi connectivity index (χ0v) is 21.2. The molecule has 1 amide bonds. The van der Waals surface area contributed by atoms with Crippen LogP contribution in [0.4, 0.5) is 24.8 Å². The van der Waals surface area contributed by atoms with Gasteiger partial charge in [-0.3, -0.25) is 14.0 Å². The summed E-state index contributed by atoms with van der Waals surface area (Å²) in [5.41, 5.74) is 6.57. The summed E-state index contributed by atoms with van der Waals surface area (Å²) in [7, 11) is 0. The van der Waals surface area contributed by atoms with E-state index in [-0.39, 0.29) is 22.6 Å². The first-order valence-electron chi connectivity index (χ1n) is 12.8. The molecule has 3 saturated carbocycles. The number of amides is 1. The molecule has 206 valence electrons. The van der Waals surface area contributed by atoms with Crippen LogP contribution in [0.15, 0.2) is 55.0 Å². The van der Waals surface area contributed by atoms with Crippen LogP contribution in [0, 0.1) is 5.41 Å². The topological polar surface area (TPSA) is 136 Å². The van der Waals surface area contributed by atoms with E-state index in [9.17, 15) is 27.9 Å². The molecule has 3 fully saturated rings. The second-order valence-electron chi connectivity index (χ2n) is 10.6. The van der Waals surface area contributed by atoms with Crippen molar-refractivity contribution in [1.29, 1.82) is 0 Å². The number of carboxylic acids is 1. The van der Waals surface area contributed by atoms with Crippen LogP contribution in [0.2, 0.25) is 0 Å². The summed E-state index contributed by atoms with van der Waals surface area (Å²) >= 11 is 0. The lowest BCUT2D eigenvalue weighted by atomic mass is 9.53. The molecule has 3 heterocycles. The van der Waals surface area contributed by atoms with Gasteiger partial charge in [0.15, 0.2) is 0 Å². The average Bonchev–Trinajstić information content (AvgIpc) is 3.36. The molecule has 12 heteroatoms. The number of imidazole rings is 1. The van der Waals surface area contributed by atoms with Crippen LogP contribution in [-0.2, 0) is 16.4 Å². The molecule has 3 aromatic heterocycles. The van der Waals surface area contributed by atoms with Crippen molar-refractivity contribution in [1.82, 2.24) is 19.4 Å². The molecule has 3 aliphatic carbocycles. The number of nitrogen functional groups attached to an aromatic ring is 1. The standard InChI is InChI=1S/C28H25F3N6O3/c29-28(30,31)18-5-12-33-19(15-18)35-23(38)17-3-1-16(2-4-17)20-21-22(32)34-13-14-37(21)24(36-20)26-6-9-27(10-7-26,11-8-26)25(39)40/h1-5,12-15H,6-11H2,(H2,32,34)(H,39,40)(H,33,35,38). The normalized spacial score (nSPS) is 22.4. The number of halogens is 3. The Morgan fingerprint density at radius 3 is 2.27 bits per heavy atom. The van der Waals surface area contributed by atoms with Crippen LogP contribution in [0.1, 0.15) is 60.3 Å². The van der Waals surface area contributed by atoms with Crippen LogP contribution in [-0.4, -0.2) is 36.3 Å². The zero-order chi connectivity index (χ0) is 28.3. The average molecular weight is 551 g/mol. The lowest BCUT2D eigenvalue weighted by Crippen LogP contribution is -2.48. The first-order chi connectivity index (χ1) is 19.0. The van der Waals surface area contributed by atoms with Gasteiger partial charge in [0.1, 0.15) is 28.7 Å². The van der Waals surface area contributed by atoms with Gasteiger partial charge in [-0.25, -0.2) is 15.0 Å². The molecule has 2 bridgehead atoms. The molecule has 1 aromatic carbocycles. The number of aromatic nitrogens is 4. The molecule has 0 spiro atoms. The second kappa shape index (κ2) is 9.04. The minimum Gasteiger partial charge on any atom is -0.481 e. The minimum atomic E-state index is -4.55. The summed E-state index contributed by atoms with van der Waals surface area (Å²) < 4.78 is 41.0. The number of anilines is 2. The molecular formula is C28H25F3N6O3. The van der Waals surface area contributed by atoms with Crippen molar-refractivity contribution in [2.75, 3.05) is 11.1 Å². The van der Waals surface area contributed by atoms with Gasteiger partial charge in [-0.15, -0.1) is 0 Å². The number of nitrogens with two attached hydrogens (primary N) is 1. The molecule has 3 aliphatic rings. The number of nitrogens with one attached hydrogen (secondary N) is 1. The summed E-state index contributed by atoms with van der Waals surface area (Å²) in [5.74, 6) is -0.436. The Kier molecular flexibility index (Phi) is 5.82. The highest BCUT2D eigenvalue weighted by atomic mass is 19.4. The van der Waals surface area contributed by atoms with Crippen LogP contribution < -0.4 is 11.1 Å². The molecule has 0 atom stereocenters. The predicted molar refractivity (Wildman–Crippen MR) is 139 cm³/mol. The fraction of sp³-hybridized carbons (Fsp3) is 0.321. The lowest BCUT2D eigenvalue weighted by molar-refractivity contribution is -0.156. The molecule has 0 unspecified atom stereocenters. The van der Waals surface area contributed by atoms with Gasteiger partial charge in [-0.1, -0.05) is 12.1 Å². The first-order valence-corrected chi connectivity index (χ1v) is 12.8. The van der Waals surface area contributed by atoms with Crippen molar-refractivity contribution in [3.8, 4) is 11.3 Å². The number of aliphatic carboxylic acids is 1. The molecule has 4 N–H and O–H groups in total. The van der Waals surface area contributed by atoms with Gasteiger partial charge in [-0.2, -0.15) is 13.2 Å². The van der Waals surface area contributed by atoms with E-state index in [1.54, 1.807) is 30.5 Å². The number of nitrogens with zero attached hydrogens (tertiary/aromatic N) is 4. The minimum absolute atomic E-state index is 0.210. The van der Waals surface area contributed by atoms with Crippen molar-refractivity contribution >= 4 is 29.0 Å². The third kappa shape index (κ3) is 4.14. The van der Waals surface area contributed by atoms with E-state index < -0.39 is 29.0 Å². The number of rotatable bonds is 5. The number of carbonyl (C=O) groups is 2. The van der Waals surface area contributed by atoms with Gasteiger partial charge >= 0.3 is 12.1 Å². The fourth-order valence-corrected chi connectivity index (χ4v) is 6.12. The highest BCUT2D eigenvalue weighted by Gasteiger charge is 2.54. The highest BCUT2D eigenvalue weighted by molar-refractivity contribution is 6.04. The van der Waals surface area contributed by atoms with Gasteiger partial charge < -0.3 is 16.2 Å². The number of hydrogen-bond acceptors (Lipinski definition) is 6. The third-order valence-electron chi connectivity index (χ3n) is 8.51. The van der Waals surface area contributed by atoms with Crippen LogP contribution in [0.3, 0.4) is 0 Å².